The van der Waals surface area contributed by atoms with Crippen molar-refractivity contribution in [1.29, 1.82) is 0 Å². The third-order valence-corrected chi connectivity index (χ3v) is 4.25. The van der Waals surface area contributed by atoms with Gasteiger partial charge in [-0.15, -0.1) is 0 Å². The van der Waals surface area contributed by atoms with E-state index in [1.165, 1.54) is 18.2 Å². The Balaban J connectivity index is 1.90. The number of rotatable bonds is 4. The second-order valence-electron chi connectivity index (χ2n) is 5.64. The molecule has 0 aliphatic rings. The monoisotopic (exact) mass is 413 g/mol. The van der Waals surface area contributed by atoms with Gasteiger partial charge in [0.25, 0.3) is 11.5 Å². The number of hydrogen-bond donors (Lipinski definition) is 3. The molecule has 0 radical (unpaired) electrons. The van der Waals surface area contributed by atoms with Gasteiger partial charge in [-0.25, -0.2) is 4.98 Å². The first-order valence-corrected chi connectivity index (χ1v) is 8.76. The second-order valence-corrected chi connectivity index (χ2v) is 6.55. The summed E-state index contributed by atoms with van der Waals surface area (Å²) in [7, 11) is 0. The number of amides is 1. The number of halogens is 1. The van der Waals surface area contributed by atoms with E-state index >= 15 is 0 Å². The van der Waals surface area contributed by atoms with Crippen molar-refractivity contribution in [3.8, 4) is 17.1 Å². The number of carbonyl (C=O) groups is 1. The summed E-state index contributed by atoms with van der Waals surface area (Å²) in [5.41, 5.74) is 1.83. The molecule has 3 rings (SSSR count). The van der Waals surface area contributed by atoms with Crippen molar-refractivity contribution >= 4 is 27.5 Å². The van der Waals surface area contributed by atoms with Gasteiger partial charge in [-0.05, 0) is 36.8 Å². The maximum Gasteiger partial charge on any atom is 0.259 e. The lowest BCUT2D eigenvalue weighted by molar-refractivity contribution is 0.102. The van der Waals surface area contributed by atoms with Gasteiger partial charge in [0.15, 0.2) is 0 Å². The Morgan fingerprint density at radius 1 is 1.23 bits per heavy atom. The summed E-state index contributed by atoms with van der Waals surface area (Å²) in [6.45, 7) is 1.92. The quantitative estimate of drug-likeness (QED) is 0.607. The highest BCUT2D eigenvalue weighted by Gasteiger charge is 2.13. The van der Waals surface area contributed by atoms with E-state index < -0.39 is 5.91 Å². The highest BCUT2D eigenvalue weighted by atomic mass is 79.9. The lowest BCUT2D eigenvalue weighted by Gasteiger charge is -2.09. The molecule has 0 fully saturated rings. The fourth-order valence-electron chi connectivity index (χ4n) is 2.46. The molecular weight excluding hydrogens is 398 g/mol. The number of aromatic hydroxyl groups is 1. The first-order chi connectivity index (χ1) is 12.5. The fraction of sp³-hybridized carbons (Fsp3) is 0.105. The number of nitrogens with zero attached hydrogens (tertiary/aromatic N) is 1. The van der Waals surface area contributed by atoms with E-state index in [4.69, 9.17) is 0 Å². The predicted octanol–water partition coefficient (Wildman–Crippen LogP) is 3.72. The van der Waals surface area contributed by atoms with E-state index in [9.17, 15) is 14.7 Å². The predicted molar refractivity (Wildman–Crippen MR) is 103 cm³/mol. The molecule has 0 spiro atoms. The van der Waals surface area contributed by atoms with Crippen LogP contribution < -0.4 is 10.9 Å². The Morgan fingerprint density at radius 3 is 2.81 bits per heavy atom. The molecule has 7 heteroatoms. The molecule has 3 N–H and O–H groups in total. The Labute approximate surface area is 158 Å². The number of H-pyrrole nitrogens is 1. The molecule has 0 saturated heterocycles. The number of benzene rings is 2. The number of nitrogens with one attached hydrogen (secondary N) is 2. The van der Waals surface area contributed by atoms with Gasteiger partial charge in [-0.3, -0.25) is 9.59 Å². The van der Waals surface area contributed by atoms with Gasteiger partial charge in [0.05, 0.1) is 5.56 Å². The van der Waals surface area contributed by atoms with Crippen LogP contribution in [0.15, 0.2) is 57.8 Å². The summed E-state index contributed by atoms with van der Waals surface area (Å²) in [5, 5.41) is 12.6. The minimum atomic E-state index is -0.440. The summed E-state index contributed by atoms with van der Waals surface area (Å²) in [6, 6.07) is 13.1. The summed E-state index contributed by atoms with van der Waals surface area (Å²) < 4.78 is 0.687. The summed E-state index contributed by atoms with van der Waals surface area (Å²) >= 11 is 3.28. The van der Waals surface area contributed by atoms with Crippen molar-refractivity contribution in [2.24, 2.45) is 0 Å². The first-order valence-electron chi connectivity index (χ1n) is 7.97. The highest BCUT2D eigenvalue weighted by molar-refractivity contribution is 9.10. The average Bonchev–Trinajstić information content (AvgIpc) is 2.63. The van der Waals surface area contributed by atoms with Crippen LogP contribution in [0.5, 0.6) is 5.75 Å². The van der Waals surface area contributed by atoms with Crippen molar-refractivity contribution < 1.29 is 9.90 Å². The standard InChI is InChI=1S/C19H16BrN3O3/c1-2-13-10-17(25)23-18(21-13)11-4-3-5-14(8-11)22-19(26)15-9-12(20)6-7-16(15)24/h3-10,24H,2H2,1H3,(H,22,26)(H,21,23,25). The van der Waals surface area contributed by atoms with Crippen molar-refractivity contribution in [3.05, 3.63) is 74.6 Å². The molecule has 26 heavy (non-hydrogen) atoms. The Morgan fingerprint density at radius 2 is 2.04 bits per heavy atom. The Bertz CT molecular complexity index is 1030. The Hall–Kier alpha value is -2.93. The largest absolute Gasteiger partial charge is 0.507 e. The molecule has 0 atom stereocenters. The van der Waals surface area contributed by atoms with Crippen LogP contribution in [0.1, 0.15) is 23.0 Å². The van der Waals surface area contributed by atoms with Gasteiger partial charge in [-0.2, -0.15) is 0 Å². The normalized spacial score (nSPS) is 10.5. The zero-order chi connectivity index (χ0) is 18.7. The van der Waals surface area contributed by atoms with Gasteiger partial charge in [0, 0.05) is 27.5 Å². The van der Waals surface area contributed by atoms with Crippen LogP contribution >= 0.6 is 15.9 Å². The van der Waals surface area contributed by atoms with Gasteiger partial charge in [0.1, 0.15) is 11.6 Å². The molecule has 0 bridgehead atoms. The number of aromatic nitrogens is 2. The molecule has 0 saturated carbocycles. The van der Waals surface area contributed by atoms with E-state index in [-0.39, 0.29) is 16.9 Å². The highest BCUT2D eigenvalue weighted by Crippen LogP contribution is 2.24. The molecule has 132 valence electrons. The van der Waals surface area contributed by atoms with Crippen molar-refractivity contribution in [3.63, 3.8) is 0 Å². The van der Waals surface area contributed by atoms with Crippen LogP contribution in [0.2, 0.25) is 0 Å². The molecular formula is C19H16BrN3O3. The molecule has 0 aliphatic heterocycles. The van der Waals surface area contributed by atoms with Crippen LogP contribution in [0.4, 0.5) is 5.69 Å². The smallest absolute Gasteiger partial charge is 0.259 e. The van der Waals surface area contributed by atoms with Gasteiger partial charge in [-0.1, -0.05) is 35.0 Å². The lowest BCUT2D eigenvalue weighted by Crippen LogP contribution is -2.13. The molecule has 1 aromatic heterocycles. The Kier molecular flexibility index (Phi) is 5.18. The summed E-state index contributed by atoms with van der Waals surface area (Å²) in [6.07, 6.45) is 0.648. The van der Waals surface area contributed by atoms with E-state index in [1.54, 1.807) is 30.3 Å². The number of hydrogen-bond acceptors (Lipinski definition) is 4. The number of phenolic OH excluding ortho intramolecular Hbond substituents is 1. The summed E-state index contributed by atoms with van der Waals surface area (Å²) in [5.74, 6) is -0.107. The number of aryl methyl sites for hydroxylation is 1. The van der Waals surface area contributed by atoms with Gasteiger partial charge in [0.2, 0.25) is 0 Å². The SMILES string of the molecule is CCc1cc(=O)[nH]c(-c2cccc(NC(=O)c3cc(Br)ccc3O)c2)n1. The zero-order valence-corrected chi connectivity index (χ0v) is 15.5. The second kappa shape index (κ2) is 7.53. The molecule has 1 amide bonds. The zero-order valence-electron chi connectivity index (χ0n) is 13.9. The number of anilines is 1. The molecule has 0 unspecified atom stereocenters. The number of carbonyl (C=O) groups excluding carboxylic acids is 1. The van der Waals surface area contributed by atoms with Crippen LogP contribution in [0.3, 0.4) is 0 Å². The van der Waals surface area contributed by atoms with E-state index in [0.717, 1.165) is 0 Å². The molecule has 2 aromatic carbocycles. The number of aromatic amines is 1. The maximum atomic E-state index is 12.4. The topological polar surface area (TPSA) is 95.1 Å². The molecule has 3 aromatic rings. The van der Waals surface area contributed by atoms with Crippen molar-refractivity contribution in [2.75, 3.05) is 5.32 Å². The third kappa shape index (κ3) is 4.00. The lowest BCUT2D eigenvalue weighted by atomic mass is 10.1. The van der Waals surface area contributed by atoms with E-state index in [2.05, 4.69) is 31.2 Å². The molecule has 1 heterocycles. The van der Waals surface area contributed by atoms with Gasteiger partial charge < -0.3 is 15.4 Å². The fourth-order valence-corrected chi connectivity index (χ4v) is 2.82. The van der Waals surface area contributed by atoms with Crippen LogP contribution in [-0.2, 0) is 6.42 Å². The molecule has 6 nitrogen and oxygen atoms in total. The first kappa shape index (κ1) is 17.9. The average molecular weight is 414 g/mol. The maximum absolute atomic E-state index is 12.4. The van der Waals surface area contributed by atoms with Crippen LogP contribution in [-0.4, -0.2) is 21.0 Å². The van der Waals surface area contributed by atoms with Crippen molar-refractivity contribution in [1.82, 2.24) is 9.97 Å². The van der Waals surface area contributed by atoms with E-state index in [1.807, 2.05) is 6.92 Å². The minimum Gasteiger partial charge on any atom is -0.507 e. The van der Waals surface area contributed by atoms with Crippen LogP contribution in [0.25, 0.3) is 11.4 Å². The van der Waals surface area contributed by atoms with Crippen LogP contribution in [0, 0.1) is 0 Å². The molecule has 0 aliphatic carbocycles. The summed E-state index contributed by atoms with van der Waals surface area (Å²) in [4.78, 5) is 31.3. The van der Waals surface area contributed by atoms with Crippen molar-refractivity contribution in [2.45, 2.75) is 13.3 Å². The number of phenols is 1. The van der Waals surface area contributed by atoms with Gasteiger partial charge >= 0.3 is 0 Å². The minimum absolute atomic E-state index is 0.108. The van der Waals surface area contributed by atoms with E-state index in [0.29, 0.717) is 33.7 Å². The third-order valence-electron chi connectivity index (χ3n) is 3.75.